The van der Waals surface area contributed by atoms with Crippen LogP contribution in [0.5, 0.6) is 0 Å². The van der Waals surface area contributed by atoms with Crippen LogP contribution in [0, 0.1) is 0 Å². The van der Waals surface area contributed by atoms with E-state index in [0.717, 1.165) is 6.42 Å². The molecule has 0 radical (unpaired) electrons. The number of nitrogens with two attached hydrogens (primary N) is 1. The molecule has 3 N–H and O–H groups in total. The van der Waals surface area contributed by atoms with Gasteiger partial charge in [0.05, 0.1) is 6.54 Å². The van der Waals surface area contributed by atoms with Crippen LogP contribution in [0.3, 0.4) is 0 Å². The Morgan fingerprint density at radius 3 is 2.62 bits per heavy atom. The Balaban J connectivity index is 3.19. The third-order valence-corrected chi connectivity index (χ3v) is 2.12. The molecule has 0 saturated carbocycles. The van der Waals surface area contributed by atoms with E-state index in [9.17, 15) is 4.79 Å². The summed E-state index contributed by atoms with van der Waals surface area (Å²) in [4.78, 5) is 10.4. The van der Waals surface area contributed by atoms with E-state index in [0.29, 0.717) is 12.6 Å². The van der Waals surface area contributed by atoms with E-state index >= 15 is 0 Å². The fourth-order valence-electron chi connectivity index (χ4n) is 1.25. The Morgan fingerprint density at radius 2 is 2.08 bits per heavy atom. The lowest BCUT2D eigenvalue weighted by Gasteiger charge is -2.11. The molecule has 1 atom stereocenters. The van der Waals surface area contributed by atoms with Crippen LogP contribution in [0.2, 0.25) is 0 Å². The van der Waals surface area contributed by atoms with Gasteiger partial charge in [-0.3, -0.25) is 4.79 Å². The quantitative estimate of drug-likeness (QED) is 0.563. The first kappa shape index (κ1) is 12.4. The number of hydrogen-bond acceptors (Lipinski definition) is 2. The van der Waals surface area contributed by atoms with Crippen molar-refractivity contribution in [2.75, 3.05) is 6.54 Å². The molecule has 0 aliphatic heterocycles. The third-order valence-electron chi connectivity index (χ3n) is 2.12. The van der Waals surface area contributed by atoms with Gasteiger partial charge < -0.3 is 11.1 Å². The molecule has 1 amide bonds. The molecule has 0 saturated heterocycles. The summed E-state index contributed by atoms with van der Waals surface area (Å²) < 4.78 is 0. The van der Waals surface area contributed by atoms with Crippen molar-refractivity contribution in [2.45, 2.75) is 52.0 Å². The van der Waals surface area contributed by atoms with Crippen LogP contribution in [-0.2, 0) is 4.79 Å². The van der Waals surface area contributed by atoms with Gasteiger partial charge >= 0.3 is 0 Å². The lowest BCUT2D eigenvalue weighted by molar-refractivity contribution is -0.117. The highest BCUT2D eigenvalue weighted by Gasteiger charge is 2.01. The van der Waals surface area contributed by atoms with Crippen molar-refractivity contribution in [1.29, 1.82) is 0 Å². The molecular formula is C10H22N2O. The van der Waals surface area contributed by atoms with E-state index < -0.39 is 0 Å². The molecule has 0 aromatic carbocycles. The minimum Gasteiger partial charge on any atom is -0.369 e. The molecular weight excluding hydrogens is 164 g/mol. The minimum atomic E-state index is -0.277. The highest BCUT2D eigenvalue weighted by molar-refractivity contribution is 5.75. The van der Waals surface area contributed by atoms with Crippen LogP contribution >= 0.6 is 0 Å². The van der Waals surface area contributed by atoms with Crippen molar-refractivity contribution in [1.82, 2.24) is 5.32 Å². The van der Waals surface area contributed by atoms with Crippen LogP contribution in [0.1, 0.15) is 46.0 Å². The fourth-order valence-corrected chi connectivity index (χ4v) is 1.25. The first-order chi connectivity index (χ1) is 6.16. The highest BCUT2D eigenvalue weighted by Crippen LogP contribution is 2.04. The molecule has 0 aliphatic carbocycles. The first-order valence-corrected chi connectivity index (χ1v) is 5.18. The summed E-state index contributed by atoms with van der Waals surface area (Å²) in [5.41, 5.74) is 5.02. The zero-order valence-corrected chi connectivity index (χ0v) is 8.81. The van der Waals surface area contributed by atoms with Crippen molar-refractivity contribution in [3.05, 3.63) is 0 Å². The molecule has 0 rings (SSSR count). The van der Waals surface area contributed by atoms with Gasteiger partial charge in [0.1, 0.15) is 0 Å². The van der Waals surface area contributed by atoms with Crippen molar-refractivity contribution < 1.29 is 4.79 Å². The van der Waals surface area contributed by atoms with Gasteiger partial charge in [-0.25, -0.2) is 0 Å². The van der Waals surface area contributed by atoms with Gasteiger partial charge in [-0.2, -0.15) is 0 Å². The Labute approximate surface area is 81.1 Å². The summed E-state index contributed by atoms with van der Waals surface area (Å²) in [6.07, 6.45) is 6.23. The van der Waals surface area contributed by atoms with Gasteiger partial charge in [-0.15, -0.1) is 0 Å². The number of hydrogen-bond donors (Lipinski definition) is 2. The van der Waals surface area contributed by atoms with E-state index in [4.69, 9.17) is 5.73 Å². The second-order valence-corrected chi connectivity index (χ2v) is 3.60. The molecule has 0 aliphatic rings. The van der Waals surface area contributed by atoms with Crippen LogP contribution in [-0.4, -0.2) is 18.5 Å². The molecule has 1 unspecified atom stereocenters. The normalized spacial score (nSPS) is 12.8. The topological polar surface area (TPSA) is 55.1 Å². The summed E-state index contributed by atoms with van der Waals surface area (Å²) in [7, 11) is 0. The Bertz CT molecular complexity index is 137. The molecule has 3 nitrogen and oxygen atoms in total. The Morgan fingerprint density at radius 1 is 1.38 bits per heavy atom. The van der Waals surface area contributed by atoms with E-state index in [-0.39, 0.29) is 5.91 Å². The fraction of sp³-hybridized carbons (Fsp3) is 0.900. The average molecular weight is 186 g/mol. The third kappa shape index (κ3) is 9.34. The van der Waals surface area contributed by atoms with Gasteiger partial charge in [0.15, 0.2) is 0 Å². The van der Waals surface area contributed by atoms with Gasteiger partial charge in [0.2, 0.25) is 5.91 Å². The number of primary amides is 1. The molecule has 0 spiro atoms. The molecule has 13 heavy (non-hydrogen) atoms. The standard InChI is InChI=1S/C10H22N2O/c1-3-4-5-6-7-9(2)12-8-10(11)13/h9,12H,3-8H2,1-2H3,(H2,11,13). The maximum atomic E-state index is 10.4. The van der Waals surface area contributed by atoms with E-state index in [1.807, 2.05) is 0 Å². The van der Waals surface area contributed by atoms with E-state index in [1.54, 1.807) is 0 Å². The molecule has 0 aromatic rings. The Kier molecular flexibility index (Phi) is 7.69. The predicted molar refractivity (Wildman–Crippen MR) is 55.4 cm³/mol. The smallest absolute Gasteiger partial charge is 0.231 e. The number of carbonyl (C=O) groups excluding carboxylic acids is 1. The van der Waals surface area contributed by atoms with Crippen molar-refractivity contribution in [2.24, 2.45) is 5.73 Å². The van der Waals surface area contributed by atoms with Crippen molar-refractivity contribution >= 4 is 5.91 Å². The maximum absolute atomic E-state index is 10.4. The van der Waals surface area contributed by atoms with E-state index in [2.05, 4.69) is 19.2 Å². The van der Waals surface area contributed by atoms with E-state index in [1.165, 1.54) is 25.7 Å². The molecule has 0 aromatic heterocycles. The Hall–Kier alpha value is -0.570. The summed E-state index contributed by atoms with van der Waals surface area (Å²) >= 11 is 0. The first-order valence-electron chi connectivity index (χ1n) is 5.18. The zero-order valence-electron chi connectivity index (χ0n) is 8.81. The number of amides is 1. The molecule has 3 heteroatoms. The van der Waals surface area contributed by atoms with Gasteiger partial charge in [0.25, 0.3) is 0 Å². The second kappa shape index (κ2) is 8.05. The summed E-state index contributed by atoms with van der Waals surface area (Å²) in [5.74, 6) is -0.277. The number of carbonyl (C=O) groups is 1. The van der Waals surface area contributed by atoms with Gasteiger partial charge in [-0.1, -0.05) is 32.6 Å². The van der Waals surface area contributed by atoms with Crippen LogP contribution in [0.15, 0.2) is 0 Å². The average Bonchev–Trinajstić information content (AvgIpc) is 2.09. The molecule has 0 bridgehead atoms. The minimum absolute atomic E-state index is 0.277. The maximum Gasteiger partial charge on any atom is 0.231 e. The lowest BCUT2D eigenvalue weighted by Crippen LogP contribution is -2.34. The van der Waals surface area contributed by atoms with Crippen molar-refractivity contribution in [3.8, 4) is 0 Å². The summed E-state index contributed by atoms with van der Waals surface area (Å²) in [6, 6.07) is 0.407. The SMILES string of the molecule is CCCCCCC(C)NCC(N)=O. The summed E-state index contributed by atoms with van der Waals surface area (Å²) in [5, 5.41) is 3.08. The molecule has 0 heterocycles. The van der Waals surface area contributed by atoms with Crippen LogP contribution < -0.4 is 11.1 Å². The largest absolute Gasteiger partial charge is 0.369 e. The lowest BCUT2D eigenvalue weighted by atomic mass is 10.1. The predicted octanol–water partition coefficient (Wildman–Crippen LogP) is 1.42. The number of rotatable bonds is 8. The number of nitrogens with one attached hydrogen (secondary N) is 1. The molecule has 78 valence electrons. The second-order valence-electron chi connectivity index (χ2n) is 3.60. The van der Waals surface area contributed by atoms with Crippen LogP contribution in [0.4, 0.5) is 0 Å². The highest BCUT2D eigenvalue weighted by atomic mass is 16.1. The number of unbranched alkanes of at least 4 members (excludes halogenated alkanes) is 3. The van der Waals surface area contributed by atoms with Gasteiger partial charge in [-0.05, 0) is 13.3 Å². The van der Waals surface area contributed by atoms with Gasteiger partial charge in [0, 0.05) is 6.04 Å². The molecule has 0 fully saturated rings. The van der Waals surface area contributed by atoms with Crippen LogP contribution in [0.25, 0.3) is 0 Å². The van der Waals surface area contributed by atoms with Crippen molar-refractivity contribution in [3.63, 3.8) is 0 Å². The zero-order chi connectivity index (χ0) is 10.1. The monoisotopic (exact) mass is 186 g/mol. The summed E-state index contributed by atoms with van der Waals surface area (Å²) in [6.45, 7) is 4.60.